The largest absolute Gasteiger partial charge is 0.326 e. The minimum absolute atomic E-state index is 0. The van der Waals surface area contributed by atoms with Gasteiger partial charge in [-0.25, -0.2) is 9.67 Å². The molecule has 28 heavy (non-hydrogen) atoms. The van der Waals surface area contributed by atoms with Crippen LogP contribution in [0.5, 0.6) is 0 Å². The van der Waals surface area contributed by atoms with Crippen LogP contribution in [0.25, 0.3) is 5.69 Å². The van der Waals surface area contributed by atoms with Gasteiger partial charge in [-0.2, -0.15) is 0 Å². The van der Waals surface area contributed by atoms with Crippen molar-refractivity contribution in [1.29, 1.82) is 0 Å². The fourth-order valence-electron chi connectivity index (χ4n) is 3.39. The standard InChI is InChI=1S/C20H22N6O.ClH/c1-2-18-23-19(24-26(18)16-8-4-3-5-9-16)20(27)25-12-11-22-14-17(25)15-7-6-10-21-13-15;/h3-10,13,17,22H,2,11-12,14H2,1H3;1H. The van der Waals surface area contributed by atoms with Gasteiger partial charge in [0.2, 0.25) is 5.82 Å². The molecular weight excluding hydrogens is 376 g/mol. The van der Waals surface area contributed by atoms with Gasteiger partial charge in [0.15, 0.2) is 0 Å². The highest BCUT2D eigenvalue weighted by Crippen LogP contribution is 2.23. The van der Waals surface area contributed by atoms with E-state index in [2.05, 4.69) is 20.4 Å². The molecule has 1 atom stereocenters. The number of nitrogens with one attached hydrogen (secondary N) is 1. The molecular formula is C20H23ClN6O. The molecule has 0 bridgehead atoms. The number of aryl methyl sites for hydroxylation is 1. The van der Waals surface area contributed by atoms with Crippen LogP contribution in [0.3, 0.4) is 0 Å². The summed E-state index contributed by atoms with van der Waals surface area (Å²) >= 11 is 0. The van der Waals surface area contributed by atoms with E-state index in [-0.39, 0.29) is 30.2 Å². The van der Waals surface area contributed by atoms with Gasteiger partial charge in [0, 0.05) is 38.4 Å². The number of nitrogens with zero attached hydrogens (tertiary/aromatic N) is 5. The van der Waals surface area contributed by atoms with E-state index >= 15 is 0 Å². The number of para-hydroxylation sites is 1. The number of halogens is 1. The number of carbonyl (C=O) groups is 1. The van der Waals surface area contributed by atoms with E-state index in [1.807, 2.05) is 60.5 Å². The van der Waals surface area contributed by atoms with Crippen molar-refractivity contribution in [2.75, 3.05) is 19.6 Å². The van der Waals surface area contributed by atoms with E-state index in [0.29, 0.717) is 19.5 Å². The summed E-state index contributed by atoms with van der Waals surface area (Å²) in [6.45, 7) is 4.07. The van der Waals surface area contributed by atoms with Crippen molar-refractivity contribution in [1.82, 2.24) is 30.0 Å². The first-order chi connectivity index (χ1) is 13.3. The molecule has 0 saturated carbocycles. The zero-order valence-corrected chi connectivity index (χ0v) is 16.5. The summed E-state index contributed by atoms with van der Waals surface area (Å²) in [5, 5.41) is 7.89. The molecule has 1 N–H and O–H groups in total. The van der Waals surface area contributed by atoms with Crippen LogP contribution in [-0.4, -0.2) is 50.2 Å². The number of rotatable bonds is 4. The number of hydrogen-bond acceptors (Lipinski definition) is 5. The quantitative estimate of drug-likeness (QED) is 0.730. The van der Waals surface area contributed by atoms with Crippen LogP contribution in [0.2, 0.25) is 0 Å². The summed E-state index contributed by atoms with van der Waals surface area (Å²) in [7, 11) is 0. The van der Waals surface area contributed by atoms with Crippen LogP contribution in [0.4, 0.5) is 0 Å². The normalized spacial score (nSPS) is 16.5. The monoisotopic (exact) mass is 398 g/mol. The Morgan fingerprint density at radius 3 is 2.75 bits per heavy atom. The molecule has 0 aliphatic carbocycles. The number of piperazine rings is 1. The zero-order valence-electron chi connectivity index (χ0n) is 15.7. The summed E-state index contributed by atoms with van der Waals surface area (Å²) in [4.78, 5) is 23.8. The molecule has 3 aromatic rings. The van der Waals surface area contributed by atoms with Crippen molar-refractivity contribution < 1.29 is 4.79 Å². The molecule has 1 aliphatic heterocycles. The van der Waals surface area contributed by atoms with Crippen molar-refractivity contribution in [3.63, 3.8) is 0 Å². The van der Waals surface area contributed by atoms with E-state index < -0.39 is 0 Å². The lowest BCUT2D eigenvalue weighted by molar-refractivity contribution is 0.0621. The van der Waals surface area contributed by atoms with Gasteiger partial charge in [0.1, 0.15) is 5.82 Å². The molecule has 2 aromatic heterocycles. The number of benzene rings is 1. The maximum atomic E-state index is 13.2. The van der Waals surface area contributed by atoms with E-state index in [4.69, 9.17) is 0 Å². The van der Waals surface area contributed by atoms with Gasteiger partial charge in [-0.1, -0.05) is 31.2 Å². The van der Waals surface area contributed by atoms with E-state index in [9.17, 15) is 4.79 Å². The number of aromatic nitrogens is 4. The Morgan fingerprint density at radius 2 is 2.04 bits per heavy atom. The predicted octanol–water partition coefficient (Wildman–Crippen LogP) is 2.43. The Labute approximate surface area is 170 Å². The minimum atomic E-state index is -0.144. The number of hydrogen-bond donors (Lipinski definition) is 1. The lowest BCUT2D eigenvalue weighted by Gasteiger charge is -2.35. The molecule has 8 heteroatoms. The first kappa shape index (κ1) is 20.0. The van der Waals surface area contributed by atoms with Crippen LogP contribution in [0, 0.1) is 0 Å². The number of pyridine rings is 1. The predicted molar refractivity (Wildman–Crippen MR) is 109 cm³/mol. The van der Waals surface area contributed by atoms with Crippen molar-refractivity contribution in [3.05, 3.63) is 72.1 Å². The van der Waals surface area contributed by atoms with Gasteiger partial charge in [-0.15, -0.1) is 17.5 Å². The molecule has 1 unspecified atom stereocenters. The summed E-state index contributed by atoms with van der Waals surface area (Å²) < 4.78 is 1.76. The first-order valence-electron chi connectivity index (χ1n) is 9.21. The Kier molecular flexibility index (Phi) is 6.38. The highest BCUT2D eigenvalue weighted by atomic mass is 35.5. The smallest absolute Gasteiger partial charge is 0.294 e. The first-order valence-corrected chi connectivity index (χ1v) is 9.21. The molecule has 1 aliphatic rings. The Balaban J connectivity index is 0.00000225. The molecule has 0 radical (unpaired) electrons. The SMILES string of the molecule is CCc1nc(C(=O)N2CCNCC2c2cccnc2)nn1-c1ccccc1.Cl. The number of carbonyl (C=O) groups excluding carboxylic acids is 1. The van der Waals surface area contributed by atoms with Crippen LogP contribution in [-0.2, 0) is 6.42 Å². The lowest BCUT2D eigenvalue weighted by atomic mass is 10.1. The molecule has 3 heterocycles. The maximum absolute atomic E-state index is 13.2. The van der Waals surface area contributed by atoms with Gasteiger partial charge in [0.25, 0.3) is 5.91 Å². The summed E-state index contributed by atoms with van der Waals surface area (Å²) in [5.74, 6) is 0.874. The van der Waals surface area contributed by atoms with E-state index in [1.165, 1.54) is 0 Å². The molecule has 146 valence electrons. The Hall–Kier alpha value is -2.77. The van der Waals surface area contributed by atoms with Gasteiger partial charge >= 0.3 is 0 Å². The third-order valence-corrected chi connectivity index (χ3v) is 4.76. The highest BCUT2D eigenvalue weighted by molar-refractivity contribution is 5.91. The van der Waals surface area contributed by atoms with Gasteiger partial charge < -0.3 is 10.2 Å². The average molecular weight is 399 g/mol. The van der Waals surface area contributed by atoms with Crippen LogP contribution in [0.15, 0.2) is 54.9 Å². The topological polar surface area (TPSA) is 75.9 Å². The summed E-state index contributed by atoms with van der Waals surface area (Å²) in [6.07, 6.45) is 4.25. The van der Waals surface area contributed by atoms with Crippen molar-refractivity contribution in [3.8, 4) is 5.69 Å². The molecule has 7 nitrogen and oxygen atoms in total. The molecule has 1 amide bonds. The minimum Gasteiger partial charge on any atom is -0.326 e. The molecule has 4 rings (SSSR count). The van der Waals surface area contributed by atoms with Crippen LogP contribution < -0.4 is 5.32 Å². The lowest BCUT2D eigenvalue weighted by Crippen LogP contribution is -2.49. The second-order valence-electron chi connectivity index (χ2n) is 6.46. The van der Waals surface area contributed by atoms with Crippen molar-refractivity contribution >= 4 is 18.3 Å². The van der Waals surface area contributed by atoms with Gasteiger partial charge in [-0.3, -0.25) is 9.78 Å². The Bertz CT molecular complexity index is 915. The van der Waals surface area contributed by atoms with E-state index in [0.717, 1.165) is 23.6 Å². The maximum Gasteiger partial charge on any atom is 0.294 e. The fourth-order valence-corrected chi connectivity index (χ4v) is 3.39. The number of amides is 1. The summed E-state index contributed by atoms with van der Waals surface area (Å²) in [6, 6.07) is 13.6. The van der Waals surface area contributed by atoms with Crippen molar-refractivity contribution in [2.45, 2.75) is 19.4 Å². The summed E-state index contributed by atoms with van der Waals surface area (Å²) in [5.41, 5.74) is 1.92. The third kappa shape index (κ3) is 3.90. The molecule has 0 spiro atoms. The third-order valence-electron chi connectivity index (χ3n) is 4.76. The average Bonchev–Trinajstić information content (AvgIpc) is 3.19. The zero-order chi connectivity index (χ0) is 18.6. The van der Waals surface area contributed by atoms with Gasteiger partial charge in [0.05, 0.1) is 11.7 Å². The fraction of sp³-hybridized carbons (Fsp3) is 0.300. The van der Waals surface area contributed by atoms with Gasteiger partial charge in [-0.05, 0) is 23.8 Å². The second kappa shape index (κ2) is 8.95. The highest BCUT2D eigenvalue weighted by Gasteiger charge is 2.31. The van der Waals surface area contributed by atoms with Crippen LogP contribution in [0.1, 0.15) is 35.0 Å². The molecule has 1 fully saturated rings. The van der Waals surface area contributed by atoms with E-state index in [1.54, 1.807) is 10.9 Å². The van der Waals surface area contributed by atoms with Crippen molar-refractivity contribution in [2.24, 2.45) is 0 Å². The molecule has 1 aromatic carbocycles. The second-order valence-corrected chi connectivity index (χ2v) is 6.46. The molecule has 1 saturated heterocycles. The van der Waals surface area contributed by atoms with Crippen LogP contribution >= 0.6 is 12.4 Å². The Morgan fingerprint density at radius 1 is 1.21 bits per heavy atom.